The van der Waals surface area contributed by atoms with Gasteiger partial charge in [-0.15, -0.1) is 0 Å². The number of hydrogen-bond donors (Lipinski definition) is 1. The fourth-order valence-electron chi connectivity index (χ4n) is 3.39. The maximum absolute atomic E-state index is 5.96. The van der Waals surface area contributed by atoms with E-state index in [0.717, 1.165) is 30.9 Å². The molecule has 0 radical (unpaired) electrons. The number of furan rings is 1. The van der Waals surface area contributed by atoms with Crippen LogP contribution in [0.15, 0.2) is 28.7 Å². The van der Waals surface area contributed by atoms with Gasteiger partial charge in [-0.2, -0.15) is 0 Å². The molecule has 0 amide bonds. The van der Waals surface area contributed by atoms with Crippen LogP contribution in [-0.4, -0.2) is 31.1 Å². The SMILES string of the molecule is CCc1oc2ccccc2c1CNCC1CCCCN1C. The van der Waals surface area contributed by atoms with Gasteiger partial charge >= 0.3 is 0 Å². The highest BCUT2D eigenvalue weighted by Gasteiger charge is 2.19. The first-order chi connectivity index (χ1) is 10.3. The van der Waals surface area contributed by atoms with Crippen LogP contribution < -0.4 is 5.32 Å². The zero-order valence-corrected chi connectivity index (χ0v) is 13.2. The molecule has 3 nitrogen and oxygen atoms in total. The van der Waals surface area contributed by atoms with E-state index < -0.39 is 0 Å². The predicted octanol–water partition coefficient (Wildman–Crippen LogP) is 3.57. The van der Waals surface area contributed by atoms with Crippen molar-refractivity contribution in [3.8, 4) is 0 Å². The summed E-state index contributed by atoms with van der Waals surface area (Å²) in [5, 5.41) is 4.92. The lowest BCUT2D eigenvalue weighted by molar-refractivity contribution is 0.181. The number of fused-ring (bicyclic) bond motifs is 1. The highest BCUT2D eigenvalue weighted by molar-refractivity contribution is 5.82. The summed E-state index contributed by atoms with van der Waals surface area (Å²) < 4.78 is 5.96. The molecule has 3 heteroatoms. The molecule has 2 heterocycles. The maximum atomic E-state index is 5.96. The Bertz CT molecular complexity index is 590. The summed E-state index contributed by atoms with van der Waals surface area (Å²) in [7, 11) is 2.25. The molecule has 1 aromatic carbocycles. The molecule has 1 aliphatic heterocycles. The molecule has 1 aliphatic rings. The third-order valence-electron chi connectivity index (χ3n) is 4.71. The first-order valence-corrected chi connectivity index (χ1v) is 8.20. The molecule has 0 saturated carbocycles. The van der Waals surface area contributed by atoms with Crippen LogP contribution in [0, 0.1) is 0 Å². The van der Waals surface area contributed by atoms with E-state index in [4.69, 9.17) is 4.42 Å². The Morgan fingerprint density at radius 3 is 2.95 bits per heavy atom. The second-order valence-corrected chi connectivity index (χ2v) is 6.11. The smallest absolute Gasteiger partial charge is 0.134 e. The van der Waals surface area contributed by atoms with Gasteiger partial charge in [-0.1, -0.05) is 31.5 Å². The van der Waals surface area contributed by atoms with Crippen LogP contribution in [0.5, 0.6) is 0 Å². The first-order valence-electron chi connectivity index (χ1n) is 8.20. The molecule has 1 fully saturated rings. The first kappa shape index (κ1) is 14.6. The van der Waals surface area contributed by atoms with E-state index >= 15 is 0 Å². The molecule has 114 valence electrons. The molecule has 0 aliphatic carbocycles. The molecule has 21 heavy (non-hydrogen) atoms. The van der Waals surface area contributed by atoms with Crippen molar-refractivity contribution in [2.45, 2.75) is 45.2 Å². The lowest BCUT2D eigenvalue weighted by Crippen LogP contribution is -2.42. The summed E-state index contributed by atoms with van der Waals surface area (Å²) in [5.41, 5.74) is 2.35. The second-order valence-electron chi connectivity index (χ2n) is 6.11. The van der Waals surface area contributed by atoms with Crippen LogP contribution in [0.2, 0.25) is 0 Å². The average Bonchev–Trinajstić information content (AvgIpc) is 2.87. The quantitative estimate of drug-likeness (QED) is 0.911. The Kier molecular flexibility index (Phi) is 4.61. The molecule has 0 spiro atoms. The number of hydrogen-bond acceptors (Lipinski definition) is 3. The van der Waals surface area contributed by atoms with Crippen molar-refractivity contribution >= 4 is 11.0 Å². The topological polar surface area (TPSA) is 28.4 Å². The number of benzene rings is 1. The number of piperidine rings is 1. The van der Waals surface area contributed by atoms with Crippen LogP contribution in [0.3, 0.4) is 0 Å². The minimum atomic E-state index is 0.682. The third-order valence-corrected chi connectivity index (χ3v) is 4.71. The summed E-state index contributed by atoms with van der Waals surface area (Å²) in [5.74, 6) is 1.13. The minimum absolute atomic E-state index is 0.682. The van der Waals surface area contributed by atoms with Gasteiger partial charge in [0, 0.05) is 36.5 Å². The number of nitrogens with one attached hydrogen (secondary N) is 1. The van der Waals surface area contributed by atoms with Gasteiger partial charge in [0.15, 0.2) is 0 Å². The van der Waals surface area contributed by atoms with Crippen LogP contribution in [0.25, 0.3) is 11.0 Å². The zero-order chi connectivity index (χ0) is 14.7. The molecule has 0 bridgehead atoms. The van der Waals surface area contributed by atoms with Gasteiger partial charge in [0.05, 0.1) is 0 Å². The molecule has 3 rings (SSSR count). The van der Waals surface area contributed by atoms with Gasteiger partial charge in [-0.25, -0.2) is 0 Å². The Morgan fingerprint density at radius 2 is 2.14 bits per heavy atom. The Hall–Kier alpha value is -1.32. The average molecular weight is 286 g/mol. The Morgan fingerprint density at radius 1 is 1.29 bits per heavy atom. The van der Waals surface area contributed by atoms with Crippen molar-refractivity contribution in [3.63, 3.8) is 0 Å². The van der Waals surface area contributed by atoms with Gasteiger partial charge < -0.3 is 14.6 Å². The monoisotopic (exact) mass is 286 g/mol. The van der Waals surface area contributed by atoms with Crippen molar-refractivity contribution in [2.24, 2.45) is 0 Å². The molecule has 1 unspecified atom stereocenters. The molecule has 2 aromatic rings. The fourth-order valence-corrected chi connectivity index (χ4v) is 3.39. The normalized spacial score (nSPS) is 20.2. The van der Waals surface area contributed by atoms with E-state index in [9.17, 15) is 0 Å². The van der Waals surface area contributed by atoms with Crippen LogP contribution in [0.1, 0.15) is 37.5 Å². The van der Waals surface area contributed by atoms with Gasteiger partial charge in [0.25, 0.3) is 0 Å². The van der Waals surface area contributed by atoms with Crippen molar-refractivity contribution in [3.05, 3.63) is 35.6 Å². The highest BCUT2D eigenvalue weighted by Crippen LogP contribution is 2.26. The number of likely N-dealkylation sites (tertiary alicyclic amines) is 1. The maximum Gasteiger partial charge on any atom is 0.134 e. The van der Waals surface area contributed by atoms with Crippen molar-refractivity contribution < 1.29 is 4.42 Å². The van der Waals surface area contributed by atoms with Crippen LogP contribution in [-0.2, 0) is 13.0 Å². The van der Waals surface area contributed by atoms with Crippen molar-refractivity contribution in [1.82, 2.24) is 10.2 Å². The Balaban J connectivity index is 1.67. The number of nitrogens with zero attached hydrogens (tertiary/aromatic N) is 1. The standard InChI is InChI=1S/C18H26N2O/c1-3-17-16(15-9-4-5-10-18(15)21-17)13-19-12-14-8-6-7-11-20(14)2/h4-5,9-10,14,19H,3,6-8,11-13H2,1-2H3. The fraction of sp³-hybridized carbons (Fsp3) is 0.556. The lowest BCUT2D eigenvalue weighted by atomic mass is 10.0. The molecule has 1 N–H and O–H groups in total. The molecule has 1 saturated heterocycles. The van der Waals surface area contributed by atoms with Crippen molar-refractivity contribution in [1.29, 1.82) is 0 Å². The predicted molar refractivity (Wildman–Crippen MR) is 87.6 cm³/mol. The van der Waals surface area contributed by atoms with Gasteiger partial charge in [0.2, 0.25) is 0 Å². The summed E-state index contributed by atoms with van der Waals surface area (Å²) in [4.78, 5) is 2.49. The van der Waals surface area contributed by atoms with E-state index in [0.29, 0.717) is 6.04 Å². The second kappa shape index (κ2) is 6.63. The zero-order valence-electron chi connectivity index (χ0n) is 13.2. The molecule has 1 aromatic heterocycles. The summed E-state index contributed by atoms with van der Waals surface area (Å²) in [6, 6.07) is 9.05. The third kappa shape index (κ3) is 3.14. The van der Waals surface area contributed by atoms with Crippen molar-refractivity contribution in [2.75, 3.05) is 20.1 Å². The number of para-hydroxylation sites is 1. The van der Waals surface area contributed by atoms with Gasteiger partial charge in [-0.05, 0) is 32.5 Å². The van der Waals surface area contributed by atoms with Crippen LogP contribution in [0.4, 0.5) is 0 Å². The van der Waals surface area contributed by atoms with E-state index in [1.165, 1.54) is 36.8 Å². The minimum Gasteiger partial charge on any atom is -0.461 e. The van der Waals surface area contributed by atoms with E-state index in [1.807, 2.05) is 6.07 Å². The van der Waals surface area contributed by atoms with Gasteiger partial charge in [-0.3, -0.25) is 0 Å². The molecular formula is C18H26N2O. The molecule has 1 atom stereocenters. The van der Waals surface area contributed by atoms with E-state index in [1.54, 1.807) is 0 Å². The molecular weight excluding hydrogens is 260 g/mol. The largest absolute Gasteiger partial charge is 0.461 e. The number of aryl methyl sites for hydroxylation is 1. The Labute approximate surface area is 127 Å². The van der Waals surface area contributed by atoms with E-state index in [-0.39, 0.29) is 0 Å². The van der Waals surface area contributed by atoms with Crippen LogP contribution >= 0.6 is 0 Å². The number of rotatable bonds is 5. The summed E-state index contributed by atoms with van der Waals surface area (Å²) in [6.45, 7) is 5.38. The van der Waals surface area contributed by atoms with Gasteiger partial charge in [0.1, 0.15) is 11.3 Å². The lowest BCUT2D eigenvalue weighted by Gasteiger charge is -2.32. The summed E-state index contributed by atoms with van der Waals surface area (Å²) in [6.07, 6.45) is 4.98. The van der Waals surface area contributed by atoms with E-state index in [2.05, 4.69) is 42.4 Å². The summed E-state index contributed by atoms with van der Waals surface area (Å²) >= 11 is 0. The number of likely N-dealkylation sites (N-methyl/N-ethyl adjacent to an activating group) is 1. The highest BCUT2D eigenvalue weighted by atomic mass is 16.3.